The van der Waals surface area contributed by atoms with Crippen LogP contribution >= 0.6 is 0 Å². The van der Waals surface area contributed by atoms with Crippen LogP contribution in [0.25, 0.3) is 17.2 Å². The number of carbonyl (C=O) groups is 1. The lowest BCUT2D eigenvalue weighted by Gasteiger charge is -2.04. The van der Waals surface area contributed by atoms with E-state index in [1.807, 2.05) is 0 Å². The van der Waals surface area contributed by atoms with E-state index in [-0.39, 0.29) is 35.4 Å². The summed E-state index contributed by atoms with van der Waals surface area (Å²) in [6.45, 7) is 0. The molecule has 0 unspecified atom stereocenters. The van der Waals surface area contributed by atoms with Gasteiger partial charge in [-0.1, -0.05) is 0 Å². The minimum absolute atomic E-state index is 0.0256. The van der Waals surface area contributed by atoms with Gasteiger partial charge < -0.3 is 4.42 Å². The van der Waals surface area contributed by atoms with Gasteiger partial charge in [-0.3, -0.25) is 4.79 Å². The van der Waals surface area contributed by atoms with E-state index in [0.29, 0.717) is 5.69 Å². The molecule has 3 heterocycles. The molecular weight excluding hydrogens is 325 g/mol. The van der Waals surface area contributed by atoms with Crippen molar-refractivity contribution in [2.45, 2.75) is 25.4 Å². The maximum atomic E-state index is 12.9. The van der Waals surface area contributed by atoms with Crippen molar-refractivity contribution in [3.05, 3.63) is 36.0 Å². The average molecular weight is 336 g/mol. The number of nitrogens with zero attached hydrogens (tertiary/aromatic N) is 4. The molecule has 24 heavy (non-hydrogen) atoms. The summed E-state index contributed by atoms with van der Waals surface area (Å²) in [4.78, 5) is 19.8. The second-order valence-corrected chi connectivity index (χ2v) is 5.67. The third-order valence-corrected chi connectivity index (χ3v) is 3.76. The Balaban J connectivity index is 1.84. The molecule has 0 saturated heterocycles. The Kier molecular flexibility index (Phi) is 3.19. The van der Waals surface area contributed by atoms with E-state index in [0.717, 1.165) is 17.4 Å². The number of hydrogen-bond acceptors (Lipinski definition) is 5. The highest BCUT2D eigenvalue weighted by Gasteiger charge is 2.37. The number of alkyl halides is 3. The summed E-state index contributed by atoms with van der Waals surface area (Å²) < 4.78 is 44.9. The van der Waals surface area contributed by atoms with Crippen molar-refractivity contribution in [2.24, 2.45) is 5.92 Å². The topological polar surface area (TPSA) is 73.3 Å². The highest BCUT2D eigenvalue weighted by molar-refractivity contribution is 5.85. The Bertz CT molecular complexity index is 911. The average Bonchev–Trinajstić information content (AvgIpc) is 3.05. The molecule has 6 nitrogen and oxygen atoms in total. The van der Waals surface area contributed by atoms with Crippen molar-refractivity contribution in [1.82, 2.24) is 19.6 Å². The molecule has 0 bridgehead atoms. The standard InChI is InChI=1S/C15H11F3N4O2/c16-15(17,18)14-20-12-7-9(6-10(23)8-3-4-8)19-13(22(12)21-14)11-2-1-5-24-11/h1-2,5,7-8H,3-4,6H2. The Labute approximate surface area is 133 Å². The van der Waals surface area contributed by atoms with Gasteiger partial charge in [0.05, 0.1) is 12.0 Å². The van der Waals surface area contributed by atoms with Gasteiger partial charge in [0.2, 0.25) is 0 Å². The first-order valence-corrected chi connectivity index (χ1v) is 7.32. The lowest BCUT2D eigenvalue weighted by atomic mass is 10.1. The molecular formula is C15H11F3N4O2. The second kappa shape index (κ2) is 5.15. The number of furan rings is 1. The highest BCUT2D eigenvalue weighted by atomic mass is 19.4. The number of aromatic nitrogens is 4. The van der Waals surface area contributed by atoms with Crippen LogP contribution < -0.4 is 0 Å². The highest BCUT2D eigenvalue weighted by Crippen LogP contribution is 2.32. The third kappa shape index (κ3) is 2.66. The molecule has 0 aromatic carbocycles. The maximum absolute atomic E-state index is 12.9. The van der Waals surface area contributed by atoms with Crippen LogP contribution in [0.5, 0.6) is 0 Å². The summed E-state index contributed by atoms with van der Waals surface area (Å²) >= 11 is 0. The first-order valence-electron chi connectivity index (χ1n) is 7.32. The van der Waals surface area contributed by atoms with E-state index in [9.17, 15) is 18.0 Å². The van der Waals surface area contributed by atoms with E-state index in [4.69, 9.17) is 4.42 Å². The van der Waals surface area contributed by atoms with Gasteiger partial charge >= 0.3 is 6.18 Å². The Hall–Kier alpha value is -2.71. The van der Waals surface area contributed by atoms with E-state index >= 15 is 0 Å². The van der Waals surface area contributed by atoms with Gasteiger partial charge in [-0.25, -0.2) is 9.97 Å². The van der Waals surface area contributed by atoms with Gasteiger partial charge in [-0.05, 0) is 25.0 Å². The number of halogens is 3. The molecule has 0 amide bonds. The van der Waals surface area contributed by atoms with Gasteiger partial charge in [0, 0.05) is 18.4 Å². The number of hydrogen-bond donors (Lipinski definition) is 0. The fourth-order valence-corrected chi connectivity index (χ4v) is 2.44. The van der Waals surface area contributed by atoms with Gasteiger partial charge in [-0.2, -0.15) is 17.7 Å². The Morgan fingerprint density at radius 1 is 1.33 bits per heavy atom. The van der Waals surface area contributed by atoms with Crippen molar-refractivity contribution in [1.29, 1.82) is 0 Å². The molecule has 0 N–H and O–H groups in total. The molecule has 124 valence electrons. The molecule has 0 radical (unpaired) electrons. The van der Waals surface area contributed by atoms with Crippen LogP contribution in [0.2, 0.25) is 0 Å². The molecule has 1 saturated carbocycles. The number of carbonyl (C=O) groups excluding carboxylic acids is 1. The van der Waals surface area contributed by atoms with Gasteiger partial charge in [0.1, 0.15) is 5.78 Å². The third-order valence-electron chi connectivity index (χ3n) is 3.76. The van der Waals surface area contributed by atoms with Crippen LogP contribution in [0, 0.1) is 5.92 Å². The van der Waals surface area contributed by atoms with E-state index < -0.39 is 12.0 Å². The van der Waals surface area contributed by atoms with Crippen LogP contribution in [0.4, 0.5) is 13.2 Å². The largest absolute Gasteiger partial charge is 0.461 e. The summed E-state index contributed by atoms with van der Waals surface area (Å²) in [5, 5.41) is 3.48. The number of Topliss-reactive ketones (excluding diaryl/α,β-unsaturated/α-hetero) is 1. The smallest absolute Gasteiger partial charge is 0.453 e. The summed E-state index contributed by atoms with van der Waals surface area (Å²) in [6.07, 6.45) is -1.52. The summed E-state index contributed by atoms with van der Waals surface area (Å²) in [5.41, 5.74) is 0.328. The molecule has 9 heteroatoms. The van der Waals surface area contributed by atoms with Crippen LogP contribution in [-0.2, 0) is 17.4 Å². The van der Waals surface area contributed by atoms with Gasteiger partial charge in [-0.15, -0.1) is 5.10 Å². The van der Waals surface area contributed by atoms with Crippen LogP contribution in [0.1, 0.15) is 24.4 Å². The number of fused-ring (bicyclic) bond motifs is 1. The SMILES string of the molecule is O=C(Cc1cc2nc(C(F)(F)F)nn2c(-c2ccco2)n1)C1CC1. The van der Waals surface area contributed by atoms with Crippen molar-refractivity contribution >= 4 is 11.4 Å². The molecule has 4 rings (SSSR count). The first kappa shape index (κ1) is 14.9. The zero-order chi connectivity index (χ0) is 16.9. The molecule has 0 spiro atoms. The normalized spacial score (nSPS) is 15.1. The monoisotopic (exact) mass is 336 g/mol. The lowest BCUT2D eigenvalue weighted by Crippen LogP contribution is -2.09. The number of ketones is 1. The summed E-state index contributed by atoms with van der Waals surface area (Å²) in [7, 11) is 0. The molecule has 3 aromatic rings. The second-order valence-electron chi connectivity index (χ2n) is 5.67. The Morgan fingerprint density at radius 3 is 2.75 bits per heavy atom. The Morgan fingerprint density at radius 2 is 2.12 bits per heavy atom. The van der Waals surface area contributed by atoms with Crippen molar-refractivity contribution in [3.63, 3.8) is 0 Å². The minimum Gasteiger partial charge on any atom is -0.461 e. The zero-order valence-corrected chi connectivity index (χ0v) is 12.2. The van der Waals surface area contributed by atoms with Gasteiger partial charge in [0.15, 0.2) is 17.2 Å². The molecule has 0 atom stereocenters. The molecule has 1 fully saturated rings. The summed E-state index contributed by atoms with van der Waals surface area (Å²) in [6, 6.07) is 4.50. The van der Waals surface area contributed by atoms with Gasteiger partial charge in [0.25, 0.3) is 5.82 Å². The predicted molar refractivity (Wildman–Crippen MR) is 74.9 cm³/mol. The van der Waals surface area contributed by atoms with Crippen molar-refractivity contribution < 1.29 is 22.4 Å². The number of rotatable bonds is 4. The maximum Gasteiger partial charge on any atom is 0.453 e. The minimum atomic E-state index is -4.67. The van der Waals surface area contributed by atoms with E-state index in [1.54, 1.807) is 12.1 Å². The molecule has 3 aromatic heterocycles. The van der Waals surface area contributed by atoms with Crippen LogP contribution in [0.15, 0.2) is 28.9 Å². The fraction of sp³-hybridized carbons (Fsp3) is 0.333. The zero-order valence-electron chi connectivity index (χ0n) is 12.2. The molecule has 0 aliphatic heterocycles. The fourth-order valence-electron chi connectivity index (χ4n) is 2.44. The molecule has 1 aliphatic rings. The molecule has 1 aliphatic carbocycles. The van der Waals surface area contributed by atoms with Crippen LogP contribution in [-0.4, -0.2) is 25.4 Å². The summed E-state index contributed by atoms with van der Waals surface area (Å²) in [5.74, 6) is -0.854. The first-order chi connectivity index (χ1) is 11.4. The van der Waals surface area contributed by atoms with E-state index in [1.165, 1.54) is 12.3 Å². The van der Waals surface area contributed by atoms with E-state index in [2.05, 4.69) is 15.1 Å². The quantitative estimate of drug-likeness (QED) is 0.732. The van der Waals surface area contributed by atoms with Crippen molar-refractivity contribution in [2.75, 3.05) is 0 Å². The van der Waals surface area contributed by atoms with Crippen LogP contribution in [0.3, 0.4) is 0 Å². The predicted octanol–water partition coefficient (Wildman–Crippen LogP) is 2.92. The van der Waals surface area contributed by atoms with Crippen molar-refractivity contribution in [3.8, 4) is 11.6 Å². The lowest BCUT2D eigenvalue weighted by molar-refractivity contribution is -0.144.